The van der Waals surface area contributed by atoms with Gasteiger partial charge in [-0.2, -0.15) is 0 Å². The Morgan fingerprint density at radius 1 is 0.680 bits per heavy atom. The van der Waals surface area contributed by atoms with Crippen molar-refractivity contribution in [2.24, 2.45) is 0 Å². The molecule has 0 spiro atoms. The van der Waals surface area contributed by atoms with Crippen LogP contribution in [0, 0.1) is 0 Å². The molecule has 0 aliphatic rings. The summed E-state index contributed by atoms with van der Waals surface area (Å²) >= 11 is 0. The van der Waals surface area contributed by atoms with E-state index < -0.39 is 20.0 Å². The van der Waals surface area contributed by atoms with Gasteiger partial charge in [-0.3, -0.25) is 9.36 Å². The Morgan fingerprint density at radius 2 is 1.12 bits per heavy atom. The van der Waals surface area contributed by atoms with Crippen molar-refractivity contribution in [1.82, 2.24) is 5.32 Å². The van der Waals surface area contributed by atoms with Crippen LogP contribution in [-0.4, -0.2) is 68.5 Å². The van der Waals surface area contributed by atoms with Gasteiger partial charge in [-0.05, 0) is 32.1 Å². The molecule has 0 aromatic carbocycles. The summed E-state index contributed by atoms with van der Waals surface area (Å²) in [6.45, 7) is 4.59. The lowest BCUT2D eigenvalue weighted by Crippen LogP contribution is -2.45. The minimum absolute atomic E-state index is 0.00472. The van der Waals surface area contributed by atoms with Gasteiger partial charge < -0.3 is 28.8 Å². The van der Waals surface area contributed by atoms with Crippen molar-refractivity contribution in [2.75, 3.05) is 40.9 Å². The summed E-state index contributed by atoms with van der Waals surface area (Å²) in [5, 5.41) is 13.7. The predicted octanol–water partition coefficient (Wildman–Crippen LogP) is 10.3. The summed E-state index contributed by atoms with van der Waals surface area (Å²) in [4.78, 5) is 25.1. The van der Waals surface area contributed by atoms with E-state index in [0.29, 0.717) is 17.4 Å². The molecule has 0 aromatic rings. The van der Waals surface area contributed by atoms with Crippen molar-refractivity contribution in [1.29, 1.82) is 0 Å². The minimum atomic E-state index is -4.58. The lowest BCUT2D eigenvalue weighted by molar-refractivity contribution is -0.870. The molecule has 1 amide bonds. The molecule has 0 saturated heterocycles. The second kappa shape index (κ2) is 33.8. The Hall–Kier alpha value is -1.02. The van der Waals surface area contributed by atoms with E-state index >= 15 is 0 Å². The Bertz CT molecular complexity index is 876. The number of amides is 1. The number of aliphatic hydroxyl groups is 1. The molecular weight excluding hydrogens is 647 g/mol. The van der Waals surface area contributed by atoms with Crippen LogP contribution in [0.3, 0.4) is 0 Å². The fraction of sp³-hybridized carbons (Fsp3) is 0.878. The molecule has 50 heavy (non-hydrogen) atoms. The Balaban J connectivity index is 4.45. The van der Waals surface area contributed by atoms with Crippen LogP contribution in [0.15, 0.2) is 24.3 Å². The second-order valence-corrected chi connectivity index (χ2v) is 16.8. The van der Waals surface area contributed by atoms with Gasteiger partial charge in [0.25, 0.3) is 7.82 Å². The first-order chi connectivity index (χ1) is 24.0. The van der Waals surface area contributed by atoms with Gasteiger partial charge in [-0.1, -0.05) is 167 Å². The van der Waals surface area contributed by atoms with E-state index in [2.05, 4.69) is 31.3 Å². The van der Waals surface area contributed by atoms with Crippen LogP contribution in [0.25, 0.3) is 0 Å². The van der Waals surface area contributed by atoms with Crippen LogP contribution in [-0.2, 0) is 18.4 Å². The first kappa shape index (κ1) is 49.0. The molecule has 2 N–H and O–H groups in total. The molecule has 0 aromatic heterocycles. The molecule has 0 bridgehead atoms. The number of nitrogens with one attached hydrogen (secondary N) is 1. The molecule has 3 atom stereocenters. The number of rotatable bonds is 37. The van der Waals surface area contributed by atoms with Gasteiger partial charge in [0, 0.05) is 6.42 Å². The summed E-state index contributed by atoms with van der Waals surface area (Å²) in [5.74, 6) is -0.211. The van der Waals surface area contributed by atoms with Crippen LogP contribution < -0.4 is 10.2 Å². The van der Waals surface area contributed by atoms with Crippen molar-refractivity contribution in [3.8, 4) is 0 Å². The van der Waals surface area contributed by atoms with Crippen LogP contribution in [0.2, 0.25) is 0 Å². The number of aliphatic hydroxyl groups excluding tert-OH is 1. The fourth-order valence-corrected chi connectivity index (χ4v) is 6.54. The number of hydrogen-bond donors (Lipinski definition) is 2. The van der Waals surface area contributed by atoms with Crippen molar-refractivity contribution >= 4 is 13.7 Å². The summed E-state index contributed by atoms with van der Waals surface area (Å²) in [7, 11) is 1.24. The van der Waals surface area contributed by atoms with Gasteiger partial charge in [0.05, 0.1) is 39.9 Å². The van der Waals surface area contributed by atoms with Gasteiger partial charge in [0.2, 0.25) is 5.91 Å². The average molecular weight is 729 g/mol. The first-order valence-corrected chi connectivity index (χ1v) is 22.2. The van der Waals surface area contributed by atoms with Crippen LogP contribution >= 0.6 is 7.82 Å². The highest BCUT2D eigenvalue weighted by Crippen LogP contribution is 2.38. The zero-order valence-electron chi connectivity index (χ0n) is 33.4. The lowest BCUT2D eigenvalue weighted by Gasteiger charge is -2.29. The van der Waals surface area contributed by atoms with E-state index in [1.807, 2.05) is 27.2 Å². The number of quaternary nitrogens is 1. The molecule has 8 nitrogen and oxygen atoms in total. The molecule has 0 saturated carbocycles. The maximum absolute atomic E-state index is 12.7. The topological polar surface area (TPSA) is 108 Å². The molecule has 3 unspecified atom stereocenters. The van der Waals surface area contributed by atoms with E-state index in [4.69, 9.17) is 9.05 Å². The Kier molecular flexibility index (Phi) is 33.1. The molecule has 296 valence electrons. The van der Waals surface area contributed by atoms with E-state index in [1.165, 1.54) is 122 Å². The average Bonchev–Trinajstić information content (AvgIpc) is 3.06. The normalized spacial score (nSPS) is 14.8. The molecule has 9 heteroatoms. The number of carbonyl (C=O) groups is 1. The third-order valence-corrected chi connectivity index (χ3v) is 10.1. The molecule has 0 aliphatic carbocycles. The highest BCUT2D eigenvalue weighted by atomic mass is 31.2. The van der Waals surface area contributed by atoms with Crippen LogP contribution in [0.5, 0.6) is 0 Å². The minimum Gasteiger partial charge on any atom is -0.756 e. The zero-order valence-corrected chi connectivity index (χ0v) is 34.2. The van der Waals surface area contributed by atoms with Crippen LogP contribution in [0.4, 0.5) is 0 Å². The molecular formula is C41H81N2O6P. The zero-order chi connectivity index (χ0) is 37.2. The third-order valence-electron chi connectivity index (χ3n) is 9.16. The first-order valence-electron chi connectivity index (χ1n) is 20.7. The van der Waals surface area contributed by atoms with Crippen molar-refractivity contribution in [3.05, 3.63) is 24.3 Å². The second-order valence-electron chi connectivity index (χ2n) is 15.3. The van der Waals surface area contributed by atoms with E-state index in [0.717, 1.165) is 38.5 Å². The molecule has 0 radical (unpaired) electrons. The van der Waals surface area contributed by atoms with Gasteiger partial charge in [-0.15, -0.1) is 0 Å². The number of hydrogen-bond acceptors (Lipinski definition) is 6. The lowest BCUT2D eigenvalue weighted by atomic mass is 10.0. The molecule has 0 rings (SSSR count). The van der Waals surface area contributed by atoms with Crippen LogP contribution in [0.1, 0.15) is 181 Å². The summed E-state index contributed by atoms with van der Waals surface area (Å²) in [6, 6.07) is -0.896. The summed E-state index contributed by atoms with van der Waals surface area (Å²) < 4.78 is 23.1. The fourth-order valence-electron chi connectivity index (χ4n) is 5.81. The van der Waals surface area contributed by atoms with Gasteiger partial charge in [0.1, 0.15) is 13.2 Å². The van der Waals surface area contributed by atoms with E-state index in [9.17, 15) is 19.4 Å². The predicted molar refractivity (Wildman–Crippen MR) is 210 cm³/mol. The summed E-state index contributed by atoms with van der Waals surface area (Å²) in [5.41, 5.74) is 0. The van der Waals surface area contributed by atoms with Crippen molar-refractivity contribution < 1.29 is 32.9 Å². The van der Waals surface area contributed by atoms with Gasteiger partial charge in [0.15, 0.2) is 0 Å². The SMILES string of the molecule is CCCCCCCCCCCCCCC/C=C/CC/C=C/C(O)C(COP(=O)([O-])OCC[N+](C)(C)C)NC(=O)CCCCCCCCCCC. The number of likely N-dealkylation sites (N-methyl/N-ethyl adjacent to an activating group) is 1. The standard InChI is InChI=1S/C41H81N2O6P/c1-6-8-10-12-14-16-17-18-19-20-21-22-23-24-25-27-28-30-32-34-40(44)39(38-49-50(46,47)48-37-36-43(3,4)5)42-41(45)35-33-31-29-26-15-13-11-9-7-2/h25,27,32,34,39-40,44H,6-24,26,28-31,33,35-38H2,1-5H3,(H-,42,45,46,47)/b27-25+,34-32+. The van der Waals surface area contributed by atoms with E-state index in [1.54, 1.807) is 6.08 Å². The third kappa shape index (κ3) is 35.4. The number of allylic oxidation sites excluding steroid dienone is 3. The van der Waals surface area contributed by atoms with Gasteiger partial charge in [-0.25, -0.2) is 0 Å². The van der Waals surface area contributed by atoms with Crippen molar-refractivity contribution in [3.63, 3.8) is 0 Å². The largest absolute Gasteiger partial charge is 0.756 e. The monoisotopic (exact) mass is 729 g/mol. The quantitative estimate of drug-likeness (QED) is 0.0285. The molecule has 0 aliphatic heterocycles. The maximum atomic E-state index is 12.7. The highest BCUT2D eigenvalue weighted by Gasteiger charge is 2.23. The van der Waals surface area contributed by atoms with Gasteiger partial charge >= 0.3 is 0 Å². The number of carbonyl (C=O) groups excluding carboxylic acids is 1. The molecule has 0 heterocycles. The smallest absolute Gasteiger partial charge is 0.268 e. The maximum Gasteiger partial charge on any atom is 0.268 e. The molecule has 0 fully saturated rings. The summed E-state index contributed by atoms with van der Waals surface area (Å²) in [6.07, 6.45) is 38.0. The Morgan fingerprint density at radius 3 is 1.62 bits per heavy atom. The number of phosphoric ester groups is 1. The number of unbranched alkanes of at least 4 members (excludes halogenated alkanes) is 22. The highest BCUT2D eigenvalue weighted by molar-refractivity contribution is 7.45. The number of nitrogens with zero attached hydrogens (tertiary/aromatic N) is 1. The van der Waals surface area contributed by atoms with E-state index in [-0.39, 0.29) is 19.1 Å². The Labute approximate surface area is 309 Å². The number of phosphoric acid groups is 1. The van der Waals surface area contributed by atoms with Crippen molar-refractivity contribution in [2.45, 2.75) is 193 Å².